The molecule has 0 fully saturated rings. The summed E-state index contributed by atoms with van der Waals surface area (Å²) in [7, 11) is 3.33. The van der Waals surface area contributed by atoms with E-state index in [-0.39, 0.29) is 6.04 Å². The summed E-state index contributed by atoms with van der Waals surface area (Å²) in [6.07, 6.45) is 0. The van der Waals surface area contributed by atoms with Crippen molar-refractivity contribution in [3.8, 4) is 11.5 Å². The summed E-state index contributed by atoms with van der Waals surface area (Å²) in [5.74, 6) is 1.69. The van der Waals surface area contributed by atoms with Crippen LogP contribution in [0.4, 0.5) is 0 Å². The van der Waals surface area contributed by atoms with E-state index >= 15 is 0 Å². The molecular weight excluding hydrogens is 270 g/mol. The summed E-state index contributed by atoms with van der Waals surface area (Å²) >= 11 is 1.68. The van der Waals surface area contributed by atoms with Gasteiger partial charge < -0.3 is 15.2 Å². The lowest BCUT2D eigenvalue weighted by Crippen LogP contribution is -2.08. The highest BCUT2D eigenvalue weighted by atomic mass is 32.2. The first-order valence-electron chi connectivity index (χ1n) is 6.40. The summed E-state index contributed by atoms with van der Waals surface area (Å²) in [6, 6.07) is 13.9. The third-order valence-electron chi connectivity index (χ3n) is 2.99. The smallest absolute Gasteiger partial charge is 0.124 e. The Balaban J connectivity index is 2.32. The molecule has 0 aliphatic heterocycles. The van der Waals surface area contributed by atoms with E-state index in [2.05, 4.69) is 6.07 Å². The van der Waals surface area contributed by atoms with Crippen LogP contribution in [0.3, 0.4) is 0 Å². The van der Waals surface area contributed by atoms with Gasteiger partial charge in [-0.3, -0.25) is 0 Å². The summed E-state index contributed by atoms with van der Waals surface area (Å²) in [5, 5.41) is 0. The van der Waals surface area contributed by atoms with Crippen LogP contribution in [0.15, 0.2) is 52.3 Å². The Bertz CT molecular complexity index is 567. The number of benzene rings is 2. The van der Waals surface area contributed by atoms with Crippen molar-refractivity contribution in [1.82, 2.24) is 0 Å². The van der Waals surface area contributed by atoms with Gasteiger partial charge in [-0.25, -0.2) is 0 Å². The van der Waals surface area contributed by atoms with E-state index in [1.54, 1.807) is 26.0 Å². The predicted octanol–water partition coefficient (Wildman–Crippen LogP) is 3.87. The van der Waals surface area contributed by atoms with E-state index in [0.717, 1.165) is 26.9 Å². The fourth-order valence-electron chi connectivity index (χ4n) is 2.01. The SMILES string of the molecule is COc1ccc(Sc2cccc(OC)c2[C@H](C)N)cc1. The maximum absolute atomic E-state index is 6.08. The fraction of sp³-hybridized carbons (Fsp3) is 0.250. The van der Waals surface area contributed by atoms with Gasteiger partial charge in [0.2, 0.25) is 0 Å². The normalized spacial score (nSPS) is 12.0. The molecule has 0 saturated carbocycles. The van der Waals surface area contributed by atoms with Crippen molar-refractivity contribution in [2.24, 2.45) is 5.73 Å². The molecule has 0 bridgehead atoms. The quantitative estimate of drug-likeness (QED) is 0.907. The van der Waals surface area contributed by atoms with E-state index in [0.29, 0.717) is 0 Å². The second-order valence-electron chi connectivity index (χ2n) is 4.44. The van der Waals surface area contributed by atoms with E-state index in [4.69, 9.17) is 15.2 Å². The number of methoxy groups -OCH3 is 2. The molecule has 0 radical (unpaired) electrons. The fourth-order valence-corrected chi connectivity index (χ4v) is 3.08. The first-order chi connectivity index (χ1) is 9.65. The van der Waals surface area contributed by atoms with Crippen LogP contribution in [0.2, 0.25) is 0 Å². The van der Waals surface area contributed by atoms with Crippen molar-refractivity contribution in [2.45, 2.75) is 22.8 Å². The molecule has 0 unspecified atom stereocenters. The molecule has 0 aliphatic carbocycles. The Morgan fingerprint density at radius 1 is 1.00 bits per heavy atom. The van der Waals surface area contributed by atoms with Crippen molar-refractivity contribution < 1.29 is 9.47 Å². The molecule has 2 N–H and O–H groups in total. The molecule has 0 heterocycles. The first-order valence-corrected chi connectivity index (χ1v) is 7.21. The Morgan fingerprint density at radius 3 is 2.25 bits per heavy atom. The Hall–Kier alpha value is -1.65. The molecule has 1 atom stereocenters. The highest BCUT2D eigenvalue weighted by Crippen LogP contribution is 2.37. The lowest BCUT2D eigenvalue weighted by Gasteiger charge is -2.16. The van der Waals surface area contributed by atoms with Crippen LogP contribution in [0.1, 0.15) is 18.5 Å². The molecule has 0 aromatic heterocycles. The van der Waals surface area contributed by atoms with Crippen LogP contribution in [-0.2, 0) is 0 Å². The van der Waals surface area contributed by atoms with Gasteiger partial charge in [0.1, 0.15) is 11.5 Å². The highest BCUT2D eigenvalue weighted by Gasteiger charge is 2.14. The van der Waals surface area contributed by atoms with Crippen LogP contribution < -0.4 is 15.2 Å². The molecule has 3 nitrogen and oxygen atoms in total. The van der Waals surface area contributed by atoms with Crippen LogP contribution in [0, 0.1) is 0 Å². The van der Waals surface area contributed by atoms with Crippen molar-refractivity contribution in [2.75, 3.05) is 14.2 Å². The Morgan fingerprint density at radius 2 is 1.70 bits per heavy atom. The van der Waals surface area contributed by atoms with E-state index in [9.17, 15) is 0 Å². The molecule has 2 rings (SSSR count). The van der Waals surface area contributed by atoms with Crippen LogP contribution in [0.25, 0.3) is 0 Å². The number of rotatable bonds is 5. The minimum atomic E-state index is -0.0769. The molecule has 0 saturated heterocycles. The van der Waals surface area contributed by atoms with E-state index < -0.39 is 0 Å². The van der Waals surface area contributed by atoms with Crippen molar-refractivity contribution >= 4 is 11.8 Å². The van der Waals surface area contributed by atoms with Crippen molar-refractivity contribution in [3.05, 3.63) is 48.0 Å². The van der Waals surface area contributed by atoms with Gasteiger partial charge >= 0.3 is 0 Å². The molecular formula is C16H19NO2S. The van der Waals surface area contributed by atoms with Gasteiger partial charge in [-0.15, -0.1) is 0 Å². The maximum atomic E-state index is 6.08. The summed E-state index contributed by atoms with van der Waals surface area (Å²) < 4.78 is 10.6. The van der Waals surface area contributed by atoms with E-state index in [1.165, 1.54) is 0 Å². The topological polar surface area (TPSA) is 44.5 Å². The Kier molecular flexibility index (Phi) is 4.93. The number of nitrogens with two attached hydrogens (primary N) is 1. The third-order valence-corrected chi connectivity index (χ3v) is 4.07. The maximum Gasteiger partial charge on any atom is 0.124 e. The number of hydrogen-bond acceptors (Lipinski definition) is 4. The molecule has 2 aromatic rings. The average Bonchev–Trinajstić information content (AvgIpc) is 2.47. The van der Waals surface area contributed by atoms with Gasteiger partial charge in [0.25, 0.3) is 0 Å². The number of hydrogen-bond donors (Lipinski definition) is 1. The highest BCUT2D eigenvalue weighted by molar-refractivity contribution is 7.99. The third kappa shape index (κ3) is 3.26. The molecule has 20 heavy (non-hydrogen) atoms. The van der Waals surface area contributed by atoms with Gasteiger partial charge in [0, 0.05) is 21.4 Å². The average molecular weight is 289 g/mol. The molecule has 0 spiro atoms. The Labute approximate surface area is 124 Å². The standard InChI is InChI=1S/C16H19NO2S/c1-11(17)16-14(19-3)5-4-6-15(16)20-13-9-7-12(18-2)8-10-13/h4-11H,17H2,1-3H3/t11-/m0/s1. The van der Waals surface area contributed by atoms with Crippen LogP contribution >= 0.6 is 11.8 Å². The summed E-state index contributed by atoms with van der Waals surface area (Å²) in [4.78, 5) is 2.26. The van der Waals surface area contributed by atoms with Gasteiger partial charge in [0.15, 0.2) is 0 Å². The molecule has 2 aromatic carbocycles. The van der Waals surface area contributed by atoms with Gasteiger partial charge in [0.05, 0.1) is 14.2 Å². The van der Waals surface area contributed by atoms with Crippen molar-refractivity contribution in [3.63, 3.8) is 0 Å². The van der Waals surface area contributed by atoms with E-state index in [1.807, 2.05) is 43.3 Å². The van der Waals surface area contributed by atoms with Crippen LogP contribution in [0.5, 0.6) is 11.5 Å². The lowest BCUT2D eigenvalue weighted by molar-refractivity contribution is 0.405. The molecule has 106 valence electrons. The predicted molar refractivity (Wildman–Crippen MR) is 82.7 cm³/mol. The number of ether oxygens (including phenoxy) is 2. The van der Waals surface area contributed by atoms with Crippen LogP contribution in [-0.4, -0.2) is 14.2 Å². The second kappa shape index (κ2) is 6.68. The monoisotopic (exact) mass is 289 g/mol. The molecule has 0 aliphatic rings. The van der Waals surface area contributed by atoms with Gasteiger partial charge in [-0.1, -0.05) is 17.8 Å². The zero-order valence-electron chi connectivity index (χ0n) is 11.9. The van der Waals surface area contributed by atoms with Gasteiger partial charge in [-0.05, 0) is 43.3 Å². The minimum Gasteiger partial charge on any atom is -0.497 e. The van der Waals surface area contributed by atoms with Gasteiger partial charge in [-0.2, -0.15) is 0 Å². The first kappa shape index (κ1) is 14.8. The minimum absolute atomic E-state index is 0.0769. The van der Waals surface area contributed by atoms with Crippen molar-refractivity contribution in [1.29, 1.82) is 0 Å². The lowest BCUT2D eigenvalue weighted by atomic mass is 10.1. The molecule has 4 heteroatoms. The second-order valence-corrected chi connectivity index (χ2v) is 5.55. The zero-order chi connectivity index (χ0) is 14.5. The molecule has 0 amide bonds. The summed E-state index contributed by atoms with van der Waals surface area (Å²) in [5.41, 5.74) is 7.11. The summed E-state index contributed by atoms with van der Waals surface area (Å²) in [6.45, 7) is 1.97. The zero-order valence-corrected chi connectivity index (χ0v) is 12.7. The largest absolute Gasteiger partial charge is 0.497 e.